The molecule has 0 atom stereocenters. The van der Waals surface area contributed by atoms with Gasteiger partial charge in [-0.25, -0.2) is 9.50 Å². The molecule has 1 amide bonds. The molecule has 0 radical (unpaired) electrons. The van der Waals surface area contributed by atoms with E-state index in [0.29, 0.717) is 0 Å². The van der Waals surface area contributed by atoms with E-state index in [0.717, 1.165) is 4.52 Å². The van der Waals surface area contributed by atoms with Gasteiger partial charge in [-0.15, -0.1) is 0 Å². The molecule has 2 rings (SSSR count). The summed E-state index contributed by atoms with van der Waals surface area (Å²) in [6.07, 6.45) is -4.64. The lowest BCUT2D eigenvalue weighted by Crippen LogP contribution is -2.20. The number of rotatable bonds is 2. The number of halogens is 3. The summed E-state index contributed by atoms with van der Waals surface area (Å²) in [4.78, 5) is 15.2. The van der Waals surface area contributed by atoms with Gasteiger partial charge in [0.2, 0.25) is 0 Å². The van der Waals surface area contributed by atoms with E-state index >= 15 is 0 Å². The van der Waals surface area contributed by atoms with E-state index in [1.165, 1.54) is 20.0 Å². The second kappa shape index (κ2) is 4.75. The van der Waals surface area contributed by atoms with Crippen molar-refractivity contribution in [3.8, 4) is 0 Å². The molecule has 9 heteroatoms. The van der Waals surface area contributed by atoms with Gasteiger partial charge in [0, 0.05) is 7.05 Å². The molecule has 0 aromatic carbocycles. The third-order valence-corrected chi connectivity index (χ3v) is 2.76. The van der Waals surface area contributed by atoms with Crippen molar-refractivity contribution in [2.24, 2.45) is 0 Å². The van der Waals surface area contributed by atoms with Crippen LogP contribution in [0.5, 0.6) is 0 Å². The Hall–Kier alpha value is -2.16. The number of aliphatic hydroxyl groups is 1. The van der Waals surface area contributed by atoms with E-state index in [9.17, 15) is 18.0 Å². The van der Waals surface area contributed by atoms with Crippen LogP contribution in [0.4, 0.5) is 13.2 Å². The minimum atomic E-state index is -4.64. The van der Waals surface area contributed by atoms with Gasteiger partial charge in [-0.1, -0.05) is 0 Å². The van der Waals surface area contributed by atoms with Gasteiger partial charge in [-0.3, -0.25) is 4.79 Å². The maximum atomic E-state index is 12.8. The van der Waals surface area contributed by atoms with Crippen molar-refractivity contribution in [3.63, 3.8) is 0 Å². The topological polar surface area (TPSA) is 79.5 Å². The summed E-state index contributed by atoms with van der Waals surface area (Å²) in [5.41, 5.74) is -1.56. The molecule has 0 spiro atoms. The second-order valence-electron chi connectivity index (χ2n) is 4.07. The number of carbonyl (C=O) groups excluding carboxylic acids is 1. The standard InChI is InChI=1S/C11H11F3N4O2/c1-5-8(11(12,13)14)16-9-7(10(20)15-2)3-6(4-19)17-18(5)9/h3,19H,4H2,1-2H3,(H,15,20). The van der Waals surface area contributed by atoms with Crippen molar-refractivity contribution in [2.75, 3.05) is 7.05 Å². The summed E-state index contributed by atoms with van der Waals surface area (Å²) in [6.45, 7) is 0.698. The lowest BCUT2D eigenvalue weighted by atomic mass is 10.2. The molecule has 2 aromatic heterocycles. The summed E-state index contributed by atoms with van der Waals surface area (Å²) < 4.78 is 39.4. The van der Waals surface area contributed by atoms with Crippen LogP contribution in [0.25, 0.3) is 5.65 Å². The summed E-state index contributed by atoms with van der Waals surface area (Å²) in [6, 6.07) is 1.21. The normalized spacial score (nSPS) is 11.9. The molecule has 2 heterocycles. The summed E-state index contributed by atoms with van der Waals surface area (Å²) >= 11 is 0. The largest absolute Gasteiger partial charge is 0.435 e. The number of nitrogens with one attached hydrogen (secondary N) is 1. The Morgan fingerprint density at radius 2 is 2.15 bits per heavy atom. The highest BCUT2D eigenvalue weighted by molar-refractivity contribution is 5.99. The van der Waals surface area contributed by atoms with Crippen LogP contribution >= 0.6 is 0 Å². The zero-order chi connectivity index (χ0) is 15.1. The molecular weight excluding hydrogens is 277 g/mol. The molecule has 0 aliphatic heterocycles. The number of hydrogen-bond acceptors (Lipinski definition) is 4. The first-order chi connectivity index (χ1) is 9.29. The molecule has 20 heavy (non-hydrogen) atoms. The fourth-order valence-corrected chi connectivity index (χ4v) is 1.83. The minimum Gasteiger partial charge on any atom is -0.390 e. The molecule has 0 bridgehead atoms. The van der Waals surface area contributed by atoms with Crippen LogP contribution in [-0.4, -0.2) is 32.7 Å². The molecule has 0 aliphatic rings. The van der Waals surface area contributed by atoms with Crippen molar-refractivity contribution in [2.45, 2.75) is 19.7 Å². The number of aliphatic hydroxyl groups excluding tert-OH is 1. The molecule has 2 N–H and O–H groups in total. The quantitative estimate of drug-likeness (QED) is 0.861. The third-order valence-electron chi connectivity index (χ3n) is 2.76. The highest BCUT2D eigenvalue weighted by atomic mass is 19.4. The van der Waals surface area contributed by atoms with Crippen molar-refractivity contribution >= 4 is 11.6 Å². The van der Waals surface area contributed by atoms with Crippen LogP contribution < -0.4 is 5.32 Å². The number of hydrogen-bond donors (Lipinski definition) is 2. The van der Waals surface area contributed by atoms with Crippen LogP contribution in [0, 0.1) is 6.92 Å². The molecule has 0 aliphatic carbocycles. The molecule has 6 nitrogen and oxygen atoms in total. The second-order valence-corrected chi connectivity index (χ2v) is 4.07. The monoisotopic (exact) mass is 288 g/mol. The molecule has 2 aromatic rings. The first-order valence-electron chi connectivity index (χ1n) is 5.59. The highest BCUT2D eigenvalue weighted by Crippen LogP contribution is 2.31. The van der Waals surface area contributed by atoms with Crippen LogP contribution in [0.1, 0.15) is 27.4 Å². The number of fused-ring (bicyclic) bond motifs is 1. The number of alkyl halides is 3. The van der Waals surface area contributed by atoms with Gasteiger partial charge in [0.1, 0.15) is 0 Å². The van der Waals surface area contributed by atoms with Gasteiger partial charge >= 0.3 is 6.18 Å². The Labute approximate surface area is 111 Å². The van der Waals surface area contributed by atoms with Crippen LogP contribution in [0.15, 0.2) is 6.07 Å². The lowest BCUT2D eigenvalue weighted by molar-refractivity contribution is -0.141. The fraction of sp³-hybridized carbons (Fsp3) is 0.364. The number of nitrogens with zero attached hydrogens (tertiary/aromatic N) is 3. The molecule has 108 valence electrons. The average molecular weight is 288 g/mol. The maximum absolute atomic E-state index is 12.8. The Balaban J connectivity index is 2.83. The van der Waals surface area contributed by atoms with Gasteiger partial charge in [0.15, 0.2) is 11.3 Å². The lowest BCUT2D eigenvalue weighted by Gasteiger charge is -2.05. The van der Waals surface area contributed by atoms with Crippen molar-refractivity contribution < 1.29 is 23.1 Å². The minimum absolute atomic E-state index is 0.0744. The number of aromatic nitrogens is 3. The number of imidazole rings is 1. The molecule has 0 fully saturated rings. The number of carbonyl (C=O) groups is 1. The molecular formula is C11H11F3N4O2. The van der Waals surface area contributed by atoms with Gasteiger partial charge in [-0.2, -0.15) is 18.3 Å². The first kappa shape index (κ1) is 14.3. The van der Waals surface area contributed by atoms with E-state index < -0.39 is 24.4 Å². The molecule has 0 saturated carbocycles. The van der Waals surface area contributed by atoms with Gasteiger partial charge in [0.25, 0.3) is 5.91 Å². The zero-order valence-corrected chi connectivity index (χ0v) is 10.6. The predicted molar refractivity (Wildman–Crippen MR) is 62.0 cm³/mol. The average Bonchev–Trinajstić information content (AvgIpc) is 2.74. The van der Waals surface area contributed by atoms with Crippen LogP contribution in [0.2, 0.25) is 0 Å². The Kier molecular flexibility index (Phi) is 3.38. The van der Waals surface area contributed by atoms with Crippen molar-refractivity contribution in [1.29, 1.82) is 0 Å². The van der Waals surface area contributed by atoms with Crippen molar-refractivity contribution in [1.82, 2.24) is 19.9 Å². The van der Waals surface area contributed by atoms with Gasteiger partial charge < -0.3 is 10.4 Å². The zero-order valence-electron chi connectivity index (χ0n) is 10.6. The predicted octanol–water partition coefficient (Wildman–Crippen LogP) is 0.908. The molecule has 0 unspecified atom stereocenters. The summed E-state index contributed by atoms with van der Waals surface area (Å²) in [5.74, 6) is -0.606. The fourth-order valence-electron chi connectivity index (χ4n) is 1.83. The number of amides is 1. The van der Waals surface area contributed by atoms with E-state index in [2.05, 4.69) is 15.4 Å². The molecule has 0 saturated heterocycles. The van der Waals surface area contributed by atoms with E-state index in [1.54, 1.807) is 0 Å². The Morgan fingerprint density at radius 3 is 2.65 bits per heavy atom. The van der Waals surface area contributed by atoms with Crippen LogP contribution in [0.3, 0.4) is 0 Å². The van der Waals surface area contributed by atoms with E-state index in [4.69, 9.17) is 5.11 Å². The summed E-state index contributed by atoms with van der Waals surface area (Å²) in [7, 11) is 1.35. The number of aryl methyl sites for hydroxylation is 1. The third kappa shape index (κ3) is 2.20. The summed E-state index contributed by atoms with van der Waals surface area (Å²) in [5, 5.41) is 15.2. The smallest absolute Gasteiger partial charge is 0.390 e. The van der Waals surface area contributed by atoms with E-state index in [1.807, 2.05) is 0 Å². The SMILES string of the molecule is CNC(=O)c1cc(CO)nn2c(C)c(C(F)(F)F)nc12. The van der Waals surface area contributed by atoms with Gasteiger partial charge in [0.05, 0.1) is 23.6 Å². The van der Waals surface area contributed by atoms with E-state index in [-0.39, 0.29) is 22.6 Å². The van der Waals surface area contributed by atoms with Crippen LogP contribution in [-0.2, 0) is 12.8 Å². The Morgan fingerprint density at radius 1 is 1.50 bits per heavy atom. The maximum Gasteiger partial charge on any atom is 0.435 e. The Bertz CT molecular complexity index is 678. The highest BCUT2D eigenvalue weighted by Gasteiger charge is 2.37. The van der Waals surface area contributed by atoms with Gasteiger partial charge in [-0.05, 0) is 13.0 Å². The van der Waals surface area contributed by atoms with Crippen molar-refractivity contribution in [3.05, 3.63) is 28.7 Å². The first-order valence-corrected chi connectivity index (χ1v) is 5.59.